The van der Waals surface area contributed by atoms with Crippen LogP contribution in [0.1, 0.15) is 18.2 Å². The normalized spacial score (nSPS) is 30.2. The number of rotatable bonds is 2. The van der Waals surface area contributed by atoms with Gasteiger partial charge in [0.1, 0.15) is 12.3 Å². The third kappa shape index (κ3) is 1.80. The Morgan fingerprint density at radius 3 is 3.11 bits per heavy atom. The molecule has 1 aromatic heterocycles. The highest BCUT2D eigenvalue weighted by Crippen LogP contribution is 2.29. The summed E-state index contributed by atoms with van der Waals surface area (Å²) in [6, 6.07) is 0. The number of ether oxygens (including phenoxy) is 2. The van der Waals surface area contributed by atoms with Crippen LogP contribution in [0.5, 0.6) is 5.88 Å². The molecule has 1 aromatic rings. The highest BCUT2D eigenvalue weighted by atomic mass is 16.5. The van der Waals surface area contributed by atoms with Gasteiger partial charge in [-0.05, 0) is 0 Å². The molecule has 0 unspecified atom stereocenters. The van der Waals surface area contributed by atoms with Gasteiger partial charge in [-0.25, -0.2) is 4.79 Å². The van der Waals surface area contributed by atoms with E-state index in [0.29, 0.717) is 18.9 Å². The van der Waals surface area contributed by atoms with E-state index in [1.54, 1.807) is 6.20 Å². The van der Waals surface area contributed by atoms with Crippen molar-refractivity contribution in [3.63, 3.8) is 0 Å². The van der Waals surface area contributed by atoms with Gasteiger partial charge in [-0.1, -0.05) is 0 Å². The van der Waals surface area contributed by atoms with E-state index in [0.717, 1.165) is 5.56 Å². The van der Waals surface area contributed by atoms with Crippen LogP contribution in [0.3, 0.4) is 0 Å². The molecule has 1 saturated heterocycles. The van der Waals surface area contributed by atoms with Crippen molar-refractivity contribution in [1.82, 2.24) is 9.55 Å². The van der Waals surface area contributed by atoms with Gasteiger partial charge in [-0.15, -0.1) is 0 Å². The van der Waals surface area contributed by atoms with Crippen LogP contribution in [0.25, 0.3) is 0 Å². The topological polar surface area (TPSA) is 93.8 Å². The number of hydrogen-bond acceptors (Lipinski definition) is 6. The molecule has 7 heteroatoms. The van der Waals surface area contributed by atoms with Crippen molar-refractivity contribution >= 4 is 0 Å². The minimum Gasteiger partial charge on any atom is -0.477 e. The van der Waals surface area contributed by atoms with Gasteiger partial charge in [0.15, 0.2) is 0 Å². The van der Waals surface area contributed by atoms with Crippen LogP contribution in [-0.2, 0) is 11.2 Å². The van der Waals surface area contributed by atoms with Gasteiger partial charge in [0.25, 0.3) is 0 Å². The molecular weight excluding hydrogens is 240 g/mol. The highest BCUT2D eigenvalue weighted by Gasteiger charge is 2.35. The minimum absolute atomic E-state index is 0.270. The molecule has 3 heterocycles. The Labute approximate surface area is 103 Å². The minimum atomic E-state index is -0.767. The molecule has 0 radical (unpaired) electrons. The van der Waals surface area contributed by atoms with Crippen molar-refractivity contribution in [2.45, 2.75) is 31.3 Å². The largest absolute Gasteiger partial charge is 0.477 e. The van der Waals surface area contributed by atoms with Crippen molar-refractivity contribution in [2.24, 2.45) is 0 Å². The monoisotopic (exact) mass is 254 g/mol. The number of aliphatic hydroxyl groups excluding tert-OH is 2. The number of nitrogens with zero attached hydrogens (tertiary/aromatic N) is 2. The fourth-order valence-electron chi connectivity index (χ4n) is 2.31. The summed E-state index contributed by atoms with van der Waals surface area (Å²) in [6.07, 6.45) is 0.647. The number of fused-ring (bicyclic) bond motifs is 1. The molecule has 0 spiro atoms. The summed E-state index contributed by atoms with van der Waals surface area (Å²) in [4.78, 5) is 15.7. The predicted octanol–water partition coefficient (Wildman–Crippen LogP) is -1.18. The van der Waals surface area contributed by atoms with Gasteiger partial charge in [0, 0.05) is 24.6 Å². The molecule has 0 aliphatic carbocycles. The van der Waals surface area contributed by atoms with Gasteiger partial charge in [-0.2, -0.15) is 4.98 Å². The third-order valence-electron chi connectivity index (χ3n) is 3.29. The molecule has 18 heavy (non-hydrogen) atoms. The number of hydrogen-bond donors (Lipinski definition) is 2. The van der Waals surface area contributed by atoms with E-state index in [1.165, 1.54) is 4.57 Å². The molecule has 98 valence electrons. The summed E-state index contributed by atoms with van der Waals surface area (Å²) in [6.45, 7) is 0.257. The van der Waals surface area contributed by atoms with Crippen LogP contribution in [0.15, 0.2) is 11.0 Å². The molecule has 0 aromatic carbocycles. The van der Waals surface area contributed by atoms with E-state index in [-0.39, 0.29) is 13.0 Å². The Balaban J connectivity index is 1.92. The first kappa shape index (κ1) is 11.6. The van der Waals surface area contributed by atoms with Gasteiger partial charge in [0.05, 0.1) is 19.3 Å². The zero-order valence-electron chi connectivity index (χ0n) is 9.65. The van der Waals surface area contributed by atoms with Crippen molar-refractivity contribution < 1.29 is 19.7 Å². The van der Waals surface area contributed by atoms with Crippen LogP contribution in [0.4, 0.5) is 0 Å². The Morgan fingerprint density at radius 1 is 1.56 bits per heavy atom. The van der Waals surface area contributed by atoms with Crippen LogP contribution in [0.2, 0.25) is 0 Å². The average Bonchev–Trinajstić information content (AvgIpc) is 2.93. The first-order valence-electron chi connectivity index (χ1n) is 5.88. The second kappa shape index (κ2) is 4.34. The summed E-state index contributed by atoms with van der Waals surface area (Å²) in [5.41, 5.74) is 0.395. The van der Waals surface area contributed by atoms with Crippen molar-refractivity contribution in [3.8, 4) is 5.88 Å². The molecule has 1 fully saturated rings. The highest BCUT2D eigenvalue weighted by molar-refractivity contribution is 5.26. The molecule has 3 rings (SSSR count). The first-order chi connectivity index (χ1) is 8.69. The average molecular weight is 254 g/mol. The van der Waals surface area contributed by atoms with Crippen molar-refractivity contribution in [3.05, 3.63) is 22.2 Å². The molecule has 0 saturated carbocycles. The Hall–Kier alpha value is -1.44. The molecule has 2 N–H and O–H groups in total. The Morgan fingerprint density at radius 2 is 2.39 bits per heavy atom. The van der Waals surface area contributed by atoms with Crippen LogP contribution in [-0.4, -0.2) is 45.2 Å². The maximum Gasteiger partial charge on any atom is 0.352 e. The van der Waals surface area contributed by atoms with Crippen molar-refractivity contribution in [1.29, 1.82) is 0 Å². The molecule has 2 aliphatic heterocycles. The Bertz CT molecular complexity index is 515. The standard InChI is InChI=1S/C11H14N2O5/c14-5-8-7(15)3-9(18-8)13-4-6-1-2-17-10(6)12-11(13)16/h4,7-9,14-15H,1-3,5H2/t7-,8+,9+/m0/s1. The first-order valence-corrected chi connectivity index (χ1v) is 5.88. The second-order valence-corrected chi connectivity index (χ2v) is 4.47. The zero-order valence-corrected chi connectivity index (χ0v) is 9.65. The molecule has 2 aliphatic rings. The van der Waals surface area contributed by atoms with Crippen LogP contribution in [0, 0.1) is 0 Å². The van der Waals surface area contributed by atoms with Gasteiger partial charge < -0.3 is 19.7 Å². The second-order valence-electron chi connectivity index (χ2n) is 4.47. The lowest BCUT2D eigenvalue weighted by molar-refractivity contribution is -0.0459. The maximum atomic E-state index is 11.8. The van der Waals surface area contributed by atoms with Crippen molar-refractivity contribution in [2.75, 3.05) is 13.2 Å². The SMILES string of the molecule is O=c1nc2c(cn1[C@H]1C[C@H](O)[C@@H](CO)O1)CCO2. The summed E-state index contributed by atoms with van der Waals surface area (Å²) in [5, 5.41) is 18.7. The zero-order chi connectivity index (χ0) is 12.7. The fourth-order valence-corrected chi connectivity index (χ4v) is 2.31. The van der Waals surface area contributed by atoms with E-state index >= 15 is 0 Å². The van der Waals surface area contributed by atoms with E-state index in [9.17, 15) is 9.90 Å². The third-order valence-corrected chi connectivity index (χ3v) is 3.29. The lowest BCUT2D eigenvalue weighted by atomic mass is 10.2. The van der Waals surface area contributed by atoms with Crippen LogP contribution < -0.4 is 10.4 Å². The summed E-state index contributed by atoms with van der Waals surface area (Å²) in [7, 11) is 0. The lowest BCUT2D eigenvalue weighted by Crippen LogP contribution is -2.28. The maximum absolute atomic E-state index is 11.8. The quantitative estimate of drug-likeness (QED) is 0.690. The molecule has 0 amide bonds. The van der Waals surface area contributed by atoms with Gasteiger partial charge >= 0.3 is 5.69 Å². The van der Waals surface area contributed by atoms with Gasteiger partial charge in [0.2, 0.25) is 5.88 Å². The van der Waals surface area contributed by atoms with E-state index in [4.69, 9.17) is 14.6 Å². The fraction of sp³-hybridized carbons (Fsp3) is 0.636. The van der Waals surface area contributed by atoms with E-state index in [1.807, 2.05) is 0 Å². The number of aliphatic hydroxyl groups is 2. The summed E-state index contributed by atoms with van der Waals surface area (Å²) >= 11 is 0. The lowest BCUT2D eigenvalue weighted by Gasteiger charge is -2.14. The van der Waals surface area contributed by atoms with E-state index in [2.05, 4.69) is 4.98 Å². The molecule has 7 nitrogen and oxygen atoms in total. The van der Waals surface area contributed by atoms with Crippen LogP contribution >= 0.6 is 0 Å². The molecule has 3 atom stereocenters. The predicted molar refractivity (Wildman–Crippen MR) is 59.3 cm³/mol. The van der Waals surface area contributed by atoms with Gasteiger partial charge in [-0.3, -0.25) is 4.57 Å². The molecule has 0 bridgehead atoms. The summed E-state index contributed by atoms with van der Waals surface area (Å²) < 4.78 is 12.0. The van der Waals surface area contributed by atoms with E-state index < -0.39 is 24.1 Å². The summed E-state index contributed by atoms with van der Waals surface area (Å²) in [5.74, 6) is 0.383. The number of aromatic nitrogens is 2. The molecular formula is C11H14N2O5. The smallest absolute Gasteiger partial charge is 0.352 e. The Kier molecular flexibility index (Phi) is 2.81.